The average Bonchev–Trinajstić information content (AvgIpc) is 2.87. The normalized spacial score (nSPS) is 24.8. The molecule has 1 N–H and O–H groups in total. The molecule has 1 fully saturated rings. The fourth-order valence-corrected chi connectivity index (χ4v) is 2.63. The molecular formula is C14H20N2O2. The number of hydrogen-bond acceptors (Lipinski definition) is 4. The molecule has 1 aliphatic rings. The number of hydrogen-bond donors (Lipinski definition) is 1. The number of methoxy groups -OCH3 is 1. The van der Waals surface area contributed by atoms with Crippen molar-refractivity contribution in [2.24, 2.45) is 5.92 Å². The third-order valence-corrected chi connectivity index (χ3v) is 3.62. The summed E-state index contributed by atoms with van der Waals surface area (Å²) in [4.78, 5) is 16.0. The van der Waals surface area contributed by atoms with Crippen molar-refractivity contribution in [3.05, 3.63) is 30.1 Å². The fourth-order valence-electron chi connectivity index (χ4n) is 2.63. The molecule has 18 heavy (non-hydrogen) atoms. The highest BCUT2D eigenvalue weighted by atomic mass is 16.5. The summed E-state index contributed by atoms with van der Waals surface area (Å²) in [5, 5.41) is 3.50. The summed E-state index contributed by atoms with van der Waals surface area (Å²) >= 11 is 0. The van der Waals surface area contributed by atoms with Crippen LogP contribution in [0.5, 0.6) is 0 Å². The Morgan fingerprint density at radius 2 is 2.33 bits per heavy atom. The third kappa shape index (κ3) is 2.88. The number of nitrogens with one attached hydrogen (secondary N) is 1. The van der Waals surface area contributed by atoms with Gasteiger partial charge in [-0.05, 0) is 31.9 Å². The highest BCUT2D eigenvalue weighted by Gasteiger charge is 2.34. The highest BCUT2D eigenvalue weighted by Crippen LogP contribution is 2.28. The fraction of sp³-hybridized carbons (Fsp3) is 0.571. The molecule has 2 rings (SSSR count). The lowest BCUT2D eigenvalue weighted by atomic mass is 10.0. The van der Waals surface area contributed by atoms with E-state index in [1.54, 1.807) is 6.20 Å². The van der Waals surface area contributed by atoms with Gasteiger partial charge in [0, 0.05) is 18.3 Å². The molecule has 1 heterocycles. The SMILES string of the molecule is COC(=O)[C@@H]1CCC[C@@H]1N[C@@H](C)c1ccccn1. The molecule has 1 aliphatic carbocycles. The minimum absolute atomic E-state index is 0.0128. The van der Waals surface area contributed by atoms with E-state index in [0.717, 1.165) is 25.0 Å². The van der Waals surface area contributed by atoms with Crippen molar-refractivity contribution < 1.29 is 9.53 Å². The predicted octanol–water partition coefficient (Wildman–Crippen LogP) is 2.07. The first-order valence-corrected chi connectivity index (χ1v) is 6.47. The number of pyridine rings is 1. The zero-order valence-electron chi connectivity index (χ0n) is 10.9. The van der Waals surface area contributed by atoms with Crippen LogP contribution in [0.3, 0.4) is 0 Å². The summed E-state index contributed by atoms with van der Waals surface area (Å²) in [6.45, 7) is 2.08. The largest absolute Gasteiger partial charge is 0.469 e. The second kappa shape index (κ2) is 5.96. The number of esters is 1. The van der Waals surface area contributed by atoms with Gasteiger partial charge in [-0.3, -0.25) is 9.78 Å². The zero-order chi connectivity index (χ0) is 13.0. The molecule has 0 aliphatic heterocycles. The van der Waals surface area contributed by atoms with Gasteiger partial charge in [-0.1, -0.05) is 12.5 Å². The van der Waals surface area contributed by atoms with Gasteiger partial charge in [0.1, 0.15) is 0 Å². The summed E-state index contributed by atoms with van der Waals surface area (Å²) in [5.74, 6) is -0.112. The molecule has 0 saturated heterocycles. The van der Waals surface area contributed by atoms with E-state index in [1.807, 2.05) is 18.2 Å². The van der Waals surface area contributed by atoms with Gasteiger partial charge in [-0.25, -0.2) is 0 Å². The average molecular weight is 248 g/mol. The van der Waals surface area contributed by atoms with Gasteiger partial charge in [0.15, 0.2) is 0 Å². The molecule has 1 saturated carbocycles. The molecule has 3 atom stereocenters. The van der Waals surface area contributed by atoms with Crippen LogP contribution in [0.25, 0.3) is 0 Å². The van der Waals surface area contributed by atoms with Crippen LogP contribution in [-0.4, -0.2) is 24.1 Å². The number of nitrogens with zero attached hydrogens (tertiary/aromatic N) is 1. The number of ether oxygens (including phenoxy) is 1. The number of carbonyl (C=O) groups excluding carboxylic acids is 1. The van der Waals surface area contributed by atoms with Crippen LogP contribution in [0, 0.1) is 5.92 Å². The first kappa shape index (κ1) is 13.0. The molecule has 98 valence electrons. The molecular weight excluding hydrogens is 228 g/mol. The first-order chi connectivity index (χ1) is 8.72. The van der Waals surface area contributed by atoms with Gasteiger partial charge < -0.3 is 10.1 Å². The van der Waals surface area contributed by atoms with E-state index in [-0.39, 0.29) is 24.0 Å². The number of aromatic nitrogens is 1. The molecule has 0 radical (unpaired) electrons. The number of carbonyl (C=O) groups is 1. The van der Waals surface area contributed by atoms with E-state index in [2.05, 4.69) is 17.2 Å². The van der Waals surface area contributed by atoms with E-state index < -0.39 is 0 Å². The van der Waals surface area contributed by atoms with Crippen molar-refractivity contribution in [1.82, 2.24) is 10.3 Å². The summed E-state index contributed by atoms with van der Waals surface area (Å²) in [6, 6.07) is 6.24. The summed E-state index contributed by atoms with van der Waals surface area (Å²) in [5.41, 5.74) is 1.01. The first-order valence-electron chi connectivity index (χ1n) is 6.47. The van der Waals surface area contributed by atoms with Crippen molar-refractivity contribution in [2.45, 2.75) is 38.3 Å². The van der Waals surface area contributed by atoms with Crippen molar-refractivity contribution in [1.29, 1.82) is 0 Å². The minimum atomic E-state index is -0.0989. The molecule has 0 aromatic carbocycles. The molecule has 0 spiro atoms. The second-order valence-electron chi connectivity index (χ2n) is 4.81. The Bertz CT molecular complexity index is 394. The van der Waals surface area contributed by atoms with Gasteiger partial charge in [-0.15, -0.1) is 0 Å². The predicted molar refractivity (Wildman–Crippen MR) is 68.9 cm³/mol. The van der Waals surface area contributed by atoms with Crippen LogP contribution >= 0.6 is 0 Å². The second-order valence-corrected chi connectivity index (χ2v) is 4.81. The molecule has 0 unspecified atom stereocenters. The van der Waals surface area contributed by atoms with E-state index in [1.165, 1.54) is 7.11 Å². The van der Waals surface area contributed by atoms with E-state index in [9.17, 15) is 4.79 Å². The standard InChI is InChI=1S/C14H20N2O2/c1-10(12-7-3-4-9-15-12)16-13-8-5-6-11(13)14(17)18-2/h3-4,7,9-11,13,16H,5-6,8H2,1-2H3/t10-,11+,13-/m0/s1. The molecule has 1 aromatic rings. The lowest BCUT2D eigenvalue weighted by Crippen LogP contribution is -2.38. The van der Waals surface area contributed by atoms with Crippen molar-refractivity contribution in [3.8, 4) is 0 Å². The molecule has 4 nitrogen and oxygen atoms in total. The Morgan fingerprint density at radius 3 is 3.00 bits per heavy atom. The minimum Gasteiger partial charge on any atom is -0.469 e. The number of rotatable bonds is 4. The summed E-state index contributed by atoms with van der Waals surface area (Å²) < 4.78 is 4.86. The lowest BCUT2D eigenvalue weighted by molar-refractivity contribution is -0.145. The van der Waals surface area contributed by atoms with Crippen molar-refractivity contribution >= 4 is 5.97 Å². The Labute approximate surface area is 108 Å². The lowest BCUT2D eigenvalue weighted by Gasteiger charge is -2.23. The van der Waals surface area contributed by atoms with Gasteiger partial charge >= 0.3 is 5.97 Å². The van der Waals surface area contributed by atoms with Crippen LogP contribution in [0.2, 0.25) is 0 Å². The van der Waals surface area contributed by atoms with Gasteiger partial charge in [0.25, 0.3) is 0 Å². The Morgan fingerprint density at radius 1 is 1.50 bits per heavy atom. The van der Waals surface area contributed by atoms with Gasteiger partial charge in [0.2, 0.25) is 0 Å². The zero-order valence-corrected chi connectivity index (χ0v) is 10.9. The van der Waals surface area contributed by atoms with Crippen LogP contribution in [0.4, 0.5) is 0 Å². The topological polar surface area (TPSA) is 51.2 Å². The van der Waals surface area contributed by atoms with Crippen LogP contribution in [0.1, 0.15) is 37.9 Å². The van der Waals surface area contributed by atoms with E-state index in [4.69, 9.17) is 4.74 Å². The van der Waals surface area contributed by atoms with Crippen molar-refractivity contribution in [2.75, 3.05) is 7.11 Å². The molecule has 1 aromatic heterocycles. The highest BCUT2D eigenvalue weighted by molar-refractivity contribution is 5.73. The maximum Gasteiger partial charge on any atom is 0.310 e. The van der Waals surface area contributed by atoms with Crippen LogP contribution < -0.4 is 5.32 Å². The maximum absolute atomic E-state index is 11.7. The molecule has 4 heteroatoms. The molecule has 0 bridgehead atoms. The van der Waals surface area contributed by atoms with Gasteiger partial charge in [0.05, 0.1) is 18.7 Å². The quantitative estimate of drug-likeness (QED) is 0.829. The third-order valence-electron chi connectivity index (χ3n) is 3.62. The maximum atomic E-state index is 11.7. The Hall–Kier alpha value is -1.42. The molecule has 0 amide bonds. The van der Waals surface area contributed by atoms with Gasteiger partial charge in [-0.2, -0.15) is 0 Å². The van der Waals surface area contributed by atoms with E-state index in [0.29, 0.717) is 0 Å². The Kier molecular flexibility index (Phi) is 4.31. The smallest absolute Gasteiger partial charge is 0.310 e. The van der Waals surface area contributed by atoms with E-state index >= 15 is 0 Å². The van der Waals surface area contributed by atoms with Crippen LogP contribution in [-0.2, 0) is 9.53 Å². The Balaban J connectivity index is 1.98. The van der Waals surface area contributed by atoms with Crippen LogP contribution in [0.15, 0.2) is 24.4 Å². The summed E-state index contributed by atoms with van der Waals surface area (Å²) in [6.07, 6.45) is 4.81. The summed E-state index contributed by atoms with van der Waals surface area (Å²) in [7, 11) is 1.46. The monoisotopic (exact) mass is 248 g/mol. The van der Waals surface area contributed by atoms with Crippen molar-refractivity contribution in [3.63, 3.8) is 0 Å².